The number of ether oxygens (including phenoxy) is 1. The summed E-state index contributed by atoms with van der Waals surface area (Å²) >= 11 is 0. The van der Waals surface area contributed by atoms with E-state index in [1.165, 1.54) is 7.11 Å². The summed E-state index contributed by atoms with van der Waals surface area (Å²) in [6, 6.07) is 0.929. The molecular formula is C12H14F3N3O2. The van der Waals surface area contributed by atoms with Gasteiger partial charge in [0.2, 0.25) is 0 Å². The number of alkyl halides is 3. The van der Waals surface area contributed by atoms with Crippen molar-refractivity contribution in [3.05, 3.63) is 18.1 Å². The number of anilines is 1. The molecule has 0 N–H and O–H groups in total. The van der Waals surface area contributed by atoms with Gasteiger partial charge in [0.05, 0.1) is 13.0 Å². The molecule has 0 atom stereocenters. The first-order chi connectivity index (χ1) is 9.41. The van der Waals surface area contributed by atoms with Gasteiger partial charge < -0.3 is 9.64 Å². The lowest BCUT2D eigenvalue weighted by atomic mass is 9.97. The molecule has 5 nitrogen and oxygen atoms in total. The number of rotatable bonds is 2. The van der Waals surface area contributed by atoms with Crippen LogP contribution >= 0.6 is 0 Å². The Hall–Kier alpha value is -1.86. The van der Waals surface area contributed by atoms with Crippen LogP contribution in [0.5, 0.6) is 0 Å². The lowest BCUT2D eigenvalue weighted by Gasteiger charge is -2.31. The van der Waals surface area contributed by atoms with E-state index in [9.17, 15) is 18.0 Å². The summed E-state index contributed by atoms with van der Waals surface area (Å²) in [7, 11) is 1.33. The molecule has 1 saturated heterocycles. The van der Waals surface area contributed by atoms with Gasteiger partial charge in [-0.25, -0.2) is 9.97 Å². The lowest BCUT2D eigenvalue weighted by molar-refractivity contribution is -0.146. The molecule has 2 rings (SSSR count). The standard InChI is InChI=1S/C12H14F3N3O2/c1-20-11(19)8-2-4-18(5-3-8)10-6-9(12(13,14)15)16-7-17-10/h6-8H,2-5H2,1H3. The molecule has 110 valence electrons. The molecule has 8 heteroatoms. The number of piperidine rings is 1. The molecule has 20 heavy (non-hydrogen) atoms. The van der Waals surface area contributed by atoms with Crippen molar-refractivity contribution in [3.8, 4) is 0 Å². The summed E-state index contributed by atoms with van der Waals surface area (Å²) in [5.74, 6) is -0.237. The molecule has 1 fully saturated rings. The monoisotopic (exact) mass is 289 g/mol. The summed E-state index contributed by atoms with van der Waals surface area (Å²) in [6.07, 6.45) is -2.50. The number of esters is 1. The predicted octanol–water partition coefficient (Wildman–Crippen LogP) is 1.88. The number of carbonyl (C=O) groups excluding carboxylic acids is 1. The zero-order chi connectivity index (χ0) is 14.8. The Labute approximate surface area is 113 Å². The Bertz CT molecular complexity index is 485. The third kappa shape index (κ3) is 3.17. The van der Waals surface area contributed by atoms with Crippen LogP contribution < -0.4 is 4.90 Å². The Morgan fingerprint density at radius 2 is 2.00 bits per heavy atom. The van der Waals surface area contributed by atoms with Gasteiger partial charge in [0.1, 0.15) is 17.8 Å². The summed E-state index contributed by atoms with van der Waals surface area (Å²) < 4.78 is 42.4. The second kappa shape index (κ2) is 5.64. The molecule has 0 saturated carbocycles. The first kappa shape index (κ1) is 14.5. The number of carbonyl (C=O) groups is 1. The highest BCUT2D eigenvalue weighted by Gasteiger charge is 2.34. The Morgan fingerprint density at radius 1 is 1.35 bits per heavy atom. The molecule has 1 aromatic rings. The number of nitrogens with zero attached hydrogens (tertiary/aromatic N) is 3. The second-order valence-corrected chi connectivity index (χ2v) is 4.54. The fourth-order valence-electron chi connectivity index (χ4n) is 2.19. The zero-order valence-electron chi connectivity index (χ0n) is 10.9. The lowest BCUT2D eigenvalue weighted by Crippen LogP contribution is -2.37. The van der Waals surface area contributed by atoms with Crippen LogP contribution in [0.2, 0.25) is 0 Å². The van der Waals surface area contributed by atoms with Gasteiger partial charge in [-0.2, -0.15) is 13.2 Å². The van der Waals surface area contributed by atoms with Crippen molar-refractivity contribution in [2.24, 2.45) is 5.92 Å². The molecule has 0 aliphatic carbocycles. The average molecular weight is 289 g/mol. The normalized spacial score (nSPS) is 17.1. The van der Waals surface area contributed by atoms with E-state index >= 15 is 0 Å². The van der Waals surface area contributed by atoms with Gasteiger partial charge in [-0.1, -0.05) is 0 Å². The van der Waals surface area contributed by atoms with E-state index in [0.717, 1.165) is 12.4 Å². The van der Waals surface area contributed by atoms with Gasteiger partial charge in [0, 0.05) is 19.2 Å². The highest BCUT2D eigenvalue weighted by Crippen LogP contribution is 2.30. The van der Waals surface area contributed by atoms with Gasteiger partial charge in [-0.15, -0.1) is 0 Å². The molecule has 1 aromatic heterocycles. The van der Waals surface area contributed by atoms with Gasteiger partial charge >= 0.3 is 12.1 Å². The van der Waals surface area contributed by atoms with E-state index in [0.29, 0.717) is 25.9 Å². The van der Waals surface area contributed by atoms with Gasteiger partial charge in [0.15, 0.2) is 0 Å². The minimum Gasteiger partial charge on any atom is -0.469 e. The Balaban J connectivity index is 2.06. The molecule has 0 unspecified atom stereocenters. The topological polar surface area (TPSA) is 55.3 Å². The first-order valence-corrected chi connectivity index (χ1v) is 6.14. The van der Waals surface area contributed by atoms with Crippen LogP contribution in [0.15, 0.2) is 12.4 Å². The summed E-state index contributed by atoms with van der Waals surface area (Å²) in [5.41, 5.74) is -0.961. The number of halogens is 3. The fraction of sp³-hybridized carbons (Fsp3) is 0.583. The number of methoxy groups -OCH3 is 1. The Kier molecular flexibility index (Phi) is 4.10. The predicted molar refractivity (Wildman–Crippen MR) is 64.0 cm³/mol. The molecule has 0 bridgehead atoms. The fourth-order valence-corrected chi connectivity index (χ4v) is 2.19. The van der Waals surface area contributed by atoms with Gasteiger partial charge in [-0.05, 0) is 12.8 Å². The van der Waals surface area contributed by atoms with Crippen LogP contribution in [-0.4, -0.2) is 36.1 Å². The molecule has 0 radical (unpaired) electrons. The largest absolute Gasteiger partial charge is 0.469 e. The maximum absolute atomic E-state index is 12.6. The van der Waals surface area contributed by atoms with E-state index in [2.05, 4.69) is 14.7 Å². The van der Waals surface area contributed by atoms with Crippen molar-refractivity contribution in [2.75, 3.05) is 25.1 Å². The Morgan fingerprint density at radius 3 is 2.55 bits per heavy atom. The van der Waals surface area contributed by atoms with Crippen molar-refractivity contribution in [1.82, 2.24) is 9.97 Å². The molecule has 0 spiro atoms. The molecule has 1 aliphatic heterocycles. The molecule has 0 amide bonds. The number of hydrogen-bond donors (Lipinski definition) is 0. The van der Waals surface area contributed by atoms with Crippen LogP contribution in [-0.2, 0) is 15.7 Å². The second-order valence-electron chi connectivity index (χ2n) is 4.54. The first-order valence-electron chi connectivity index (χ1n) is 6.14. The number of aromatic nitrogens is 2. The van der Waals surface area contributed by atoms with Gasteiger partial charge in [-0.3, -0.25) is 4.79 Å². The minimum absolute atomic E-state index is 0.194. The summed E-state index contributed by atoms with van der Waals surface area (Å²) in [5, 5.41) is 0. The van der Waals surface area contributed by atoms with E-state index < -0.39 is 11.9 Å². The van der Waals surface area contributed by atoms with Crippen LogP contribution in [0.3, 0.4) is 0 Å². The van der Waals surface area contributed by atoms with Crippen LogP contribution in [0.25, 0.3) is 0 Å². The summed E-state index contributed by atoms with van der Waals surface area (Å²) in [4.78, 5) is 20.2. The molecule has 0 aromatic carbocycles. The molecule has 2 heterocycles. The molecular weight excluding hydrogens is 275 g/mol. The van der Waals surface area contributed by atoms with Crippen LogP contribution in [0.4, 0.5) is 19.0 Å². The highest BCUT2D eigenvalue weighted by atomic mass is 19.4. The van der Waals surface area contributed by atoms with Crippen molar-refractivity contribution in [1.29, 1.82) is 0 Å². The smallest absolute Gasteiger partial charge is 0.433 e. The van der Waals surface area contributed by atoms with E-state index in [1.807, 2.05) is 0 Å². The van der Waals surface area contributed by atoms with Crippen molar-refractivity contribution in [2.45, 2.75) is 19.0 Å². The maximum atomic E-state index is 12.6. The third-order valence-electron chi connectivity index (χ3n) is 3.30. The van der Waals surface area contributed by atoms with E-state index in [4.69, 9.17) is 0 Å². The van der Waals surface area contributed by atoms with E-state index in [-0.39, 0.29) is 17.7 Å². The van der Waals surface area contributed by atoms with Gasteiger partial charge in [0.25, 0.3) is 0 Å². The van der Waals surface area contributed by atoms with Crippen LogP contribution in [0, 0.1) is 5.92 Å². The quantitative estimate of drug-likeness (QED) is 0.778. The maximum Gasteiger partial charge on any atom is 0.433 e. The van der Waals surface area contributed by atoms with Crippen LogP contribution in [0.1, 0.15) is 18.5 Å². The van der Waals surface area contributed by atoms with Crippen molar-refractivity contribution >= 4 is 11.8 Å². The van der Waals surface area contributed by atoms with E-state index in [1.54, 1.807) is 4.90 Å². The van der Waals surface area contributed by atoms with Crippen molar-refractivity contribution < 1.29 is 22.7 Å². The SMILES string of the molecule is COC(=O)C1CCN(c2cc(C(F)(F)F)ncn2)CC1. The third-order valence-corrected chi connectivity index (χ3v) is 3.30. The molecule has 1 aliphatic rings. The average Bonchev–Trinajstić information content (AvgIpc) is 2.46. The number of hydrogen-bond acceptors (Lipinski definition) is 5. The zero-order valence-corrected chi connectivity index (χ0v) is 10.9. The van der Waals surface area contributed by atoms with Crippen molar-refractivity contribution in [3.63, 3.8) is 0 Å². The summed E-state index contributed by atoms with van der Waals surface area (Å²) in [6.45, 7) is 0.933. The minimum atomic E-state index is -4.48. The highest BCUT2D eigenvalue weighted by molar-refractivity contribution is 5.72.